The van der Waals surface area contributed by atoms with Gasteiger partial charge in [0.05, 0.1) is 36.2 Å². The molecule has 2 aromatic carbocycles. The zero-order chi connectivity index (χ0) is 21.0. The minimum absolute atomic E-state index is 0.226. The van der Waals surface area contributed by atoms with Crippen molar-refractivity contribution in [1.29, 1.82) is 0 Å². The fourth-order valence-electron chi connectivity index (χ4n) is 3.75. The highest BCUT2D eigenvalue weighted by atomic mass is 32.2. The van der Waals surface area contributed by atoms with Crippen LogP contribution in [0.25, 0.3) is 22.4 Å². The lowest BCUT2D eigenvalue weighted by Crippen LogP contribution is -2.24. The number of hydrogen-bond donors (Lipinski definition) is 2. The van der Waals surface area contributed by atoms with Crippen molar-refractivity contribution < 1.29 is 17.2 Å². The third kappa shape index (κ3) is 3.37. The highest BCUT2D eigenvalue weighted by molar-refractivity contribution is 7.88. The topological polar surface area (TPSA) is 94.7 Å². The molecule has 0 saturated carbocycles. The van der Waals surface area contributed by atoms with Crippen molar-refractivity contribution in [1.82, 2.24) is 24.5 Å². The lowest BCUT2D eigenvalue weighted by Gasteiger charge is -2.10. The molecule has 1 aliphatic heterocycles. The Bertz CT molecular complexity index is 1350. The van der Waals surface area contributed by atoms with Crippen LogP contribution in [0.1, 0.15) is 22.5 Å². The van der Waals surface area contributed by atoms with Crippen molar-refractivity contribution in [2.24, 2.45) is 0 Å². The van der Waals surface area contributed by atoms with E-state index in [1.807, 2.05) is 18.2 Å². The molecular weight excluding hydrogens is 412 g/mol. The predicted molar refractivity (Wildman–Crippen MR) is 107 cm³/mol. The average Bonchev–Trinajstić information content (AvgIpc) is 3.31. The fraction of sp³-hybridized carbons (Fsp3) is 0.200. The van der Waals surface area contributed by atoms with Gasteiger partial charge in [0.1, 0.15) is 17.3 Å². The summed E-state index contributed by atoms with van der Waals surface area (Å²) in [6.07, 6.45) is 1.54. The van der Waals surface area contributed by atoms with E-state index in [1.54, 1.807) is 0 Å². The Hall–Kier alpha value is -3.11. The van der Waals surface area contributed by atoms with Crippen molar-refractivity contribution >= 4 is 20.9 Å². The minimum Gasteiger partial charge on any atom is -0.339 e. The molecule has 30 heavy (non-hydrogen) atoms. The number of imidazole rings is 1. The van der Waals surface area contributed by atoms with Gasteiger partial charge in [-0.25, -0.2) is 22.2 Å². The van der Waals surface area contributed by atoms with Crippen molar-refractivity contribution in [3.05, 3.63) is 70.5 Å². The summed E-state index contributed by atoms with van der Waals surface area (Å²) in [4.78, 5) is 7.72. The molecule has 5 rings (SSSR count). The lowest BCUT2D eigenvalue weighted by atomic mass is 10.0. The molecule has 0 atom stereocenters. The summed E-state index contributed by atoms with van der Waals surface area (Å²) in [5, 5.41) is 8.13. The Morgan fingerprint density at radius 1 is 1.07 bits per heavy atom. The Kier molecular flexibility index (Phi) is 4.23. The highest BCUT2D eigenvalue weighted by Crippen LogP contribution is 2.30. The number of aromatic nitrogens is 4. The van der Waals surface area contributed by atoms with Crippen molar-refractivity contribution in [2.45, 2.75) is 19.5 Å². The van der Waals surface area contributed by atoms with Gasteiger partial charge in [-0.05, 0) is 41.8 Å². The zero-order valence-electron chi connectivity index (χ0n) is 15.9. The normalized spacial score (nSPS) is 14.5. The number of aromatic amines is 2. The molecule has 0 bridgehead atoms. The number of rotatable bonds is 4. The van der Waals surface area contributed by atoms with E-state index >= 15 is 0 Å². The number of nitrogens with zero attached hydrogens (tertiary/aromatic N) is 3. The van der Waals surface area contributed by atoms with E-state index < -0.39 is 21.7 Å². The second-order valence-electron chi connectivity index (χ2n) is 7.45. The number of nitrogens with one attached hydrogen (secondary N) is 2. The molecule has 1 aliphatic rings. The molecule has 10 heteroatoms. The van der Waals surface area contributed by atoms with E-state index in [1.165, 1.54) is 22.7 Å². The fourth-order valence-corrected chi connectivity index (χ4v) is 4.47. The number of fused-ring (bicyclic) bond motifs is 2. The predicted octanol–water partition coefficient (Wildman–Crippen LogP) is 3.10. The van der Waals surface area contributed by atoms with Crippen LogP contribution in [0, 0.1) is 11.6 Å². The van der Waals surface area contributed by atoms with Gasteiger partial charge in [-0.1, -0.05) is 6.07 Å². The van der Waals surface area contributed by atoms with E-state index in [-0.39, 0.29) is 13.1 Å². The first kappa shape index (κ1) is 18.9. The molecule has 7 nitrogen and oxygen atoms in total. The van der Waals surface area contributed by atoms with Crippen LogP contribution in [-0.2, 0) is 29.5 Å². The summed E-state index contributed by atoms with van der Waals surface area (Å²) in [5.41, 5.74) is 4.24. The summed E-state index contributed by atoms with van der Waals surface area (Å²) < 4.78 is 51.8. The lowest BCUT2D eigenvalue weighted by molar-refractivity contribution is 0.431. The van der Waals surface area contributed by atoms with Crippen LogP contribution in [0.5, 0.6) is 0 Å². The van der Waals surface area contributed by atoms with Gasteiger partial charge in [-0.15, -0.1) is 0 Å². The number of hydrogen-bond acceptors (Lipinski definition) is 4. The van der Waals surface area contributed by atoms with E-state index in [0.717, 1.165) is 28.2 Å². The summed E-state index contributed by atoms with van der Waals surface area (Å²) in [7, 11) is -3.28. The van der Waals surface area contributed by atoms with E-state index in [9.17, 15) is 17.2 Å². The summed E-state index contributed by atoms with van der Waals surface area (Å²) in [6, 6.07) is 9.12. The molecule has 0 saturated heterocycles. The zero-order valence-corrected chi connectivity index (χ0v) is 16.7. The van der Waals surface area contributed by atoms with Crippen LogP contribution in [0.3, 0.4) is 0 Å². The number of benzene rings is 2. The highest BCUT2D eigenvalue weighted by Gasteiger charge is 2.30. The van der Waals surface area contributed by atoms with Crippen molar-refractivity contribution in [3.63, 3.8) is 0 Å². The van der Waals surface area contributed by atoms with Crippen LogP contribution < -0.4 is 0 Å². The molecule has 3 heterocycles. The standard InChI is InChI=1S/C20H17F2N5O2S/c1-30(28,29)27-9-17-18(10-27)24-20(23-17)19-15-7-11(2-3-16(15)25-26-19)4-12-5-13(21)8-14(22)6-12/h2-3,5-8H,4,9-10H2,1H3,(H,23,24)(H,25,26). The number of halogens is 2. The van der Waals surface area contributed by atoms with E-state index in [2.05, 4.69) is 20.2 Å². The first-order valence-corrected chi connectivity index (χ1v) is 11.1. The smallest absolute Gasteiger partial charge is 0.211 e. The summed E-state index contributed by atoms with van der Waals surface area (Å²) in [6.45, 7) is 0.476. The van der Waals surface area contributed by atoms with Gasteiger partial charge in [0.2, 0.25) is 10.0 Å². The van der Waals surface area contributed by atoms with Crippen LogP contribution in [-0.4, -0.2) is 39.1 Å². The molecule has 154 valence electrons. The Labute approximate surface area is 170 Å². The number of sulfonamides is 1. The SMILES string of the molecule is CS(=O)(=O)N1Cc2nc(-c3n[nH]c4ccc(Cc5cc(F)cc(F)c5)cc34)[nH]c2C1. The van der Waals surface area contributed by atoms with Gasteiger partial charge in [-0.3, -0.25) is 5.10 Å². The molecular formula is C20H17F2N5O2S. The second-order valence-corrected chi connectivity index (χ2v) is 9.43. The molecule has 0 fully saturated rings. The maximum atomic E-state index is 13.5. The van der Waals surface area contributed by atoms with Crippen molar-refractivity contribution in [2.75, 3.05) is 6.26 Å². The van der Waals surface area contributed by atoms with Gasteiger partial charge in [-0.2, -0.15) is 9.40 Å². The first-order valence-electron chi connectivity index (χ1n) is 9.21. The van der Waals surface area contributed by atoms with Gasteiger partial charge in [0.15, 0.2) is 5.82 Å². The molecule has 0 spiro atoms. The molecule has 0 aliphatic carbocycles. The monoisotopic (exact) mass is 429 g/mol. The first-order chi connectivity index (χ1) is 14.3. The maximum absolute atomic E-state index is 13.5. The van der Waals surface area contributed by atoms with Gasteiger partial charge < -0.3 is 4.98 Å². The molecule has 0 amide bonds. The third-order valence-electron chi connectivity index (χ3n) is 5.18. The molecule has 0 radical (unpaired) electrons. The van der Waals surface area contributed by atoms with Crippen LogP contribution in [0.4, 0.5) is 8.78 Å². The third-order valence-corrected chi connectivity index (χ3v) is 6.37. The van der Waals surface area contributed by atoms with Gasteiger partial charge >= 0.3 is 0 Å². The Morgan fingerprint density at radius 3 is 2.53 bits per heavy atom. The molecule has 4 aromatic rings. The molecule has 0 unspecified atom stereocenters. The van der Waals surface area contributed by atoms with E-state index in [4.69, 9.17) is 0 Å². The summed E-state index contributed by atoms with van der Waals surface area (Å²) >= 11 is 0. The number of H-pyrrole nitrogens is 2. The molecule has 2 aromatic heterocycles. The van der Waals surface area contributed by atoms with E-state index in [0.29, 0.717) is 29.2 Å². The average molecular weight is 429 g/mol. The summed E-state index contributed by atoms with van der Waals surface area (Å²) in [5.74, 6) is -0.667. The van der Waals surface area contributed by atoms with Crippen molar-refractivity contribution in [3.8, 4) is 11.5 Å². The second kappa shape index (κ2) is 6.71. The van der Waals surface area contributed by atoms with Crippen LogP contribution >= 0.6 is 0 Å². The van der Waals surface area contributed by atoms with Gasteiger partial charge in [0.25, 0.3) is 0 Å². The Morgan fingerprint density at radius 2 is 1.83 bits per heavy atom. The van der Waals surface area contributed by atoms with Crippen LogP contribution in [0.15, 0.2) is 36.4 Å². The Balaban J connectivity index is 1.48. The maximum Gasteiger partial charge on any atom is 0.211 e. The molecule has 2 N–H and O–H groups in total. The quantitative estimate of drug-likeness (QED) is 0.521. The van der Waals surface area contributed by atoms with Crippen LogP contribution in [0.2, 0.25) is 0 Å². The largest absolute Gasteiger partial charge is 0.339 e. The minimum atomic E-state index is -3.28. The van der Waals surface area contributed by atoms with Gasteiger partial charge in [0, 0.05) is 11.5 Å².